The molecule has 212 valence electrons. The number of amides is 1. The zero-order valence-corrected chi connectivity index (χ0v) is 20.1. The SMILES string of the molecule is CCC1(OC(=O)CC(=O)NS(=O)(=O)C(F)(F)C(F)(F)C(F)(F)S(=O)(=O)N[S+]([O-])C(F)(F)F)CCCC1. The number of sulfonamides is 2. The Hall–Kier alpha value is -1.52. The van der Waals surface area contributed by atoms with Crippen molar-refractivity contribution in [1.82, 2.24) is 8.85 Å². The molecular formula is C14H17F9N2O8S3. The molecule has 1 amide bonds. The Bertz CT molecular complexity index is 1060. The van der Waals surface area contributed by atoms with Gasteiger partial charge in [-0.1, -0.05) is 6.92 Å². The maximum Gasteiger partial charge on any atom is 0.593 e. The lowest BCUT2D eigenvalue weighted by atomic mass is 9.99. The number of nitrogens with one attached hydrogen (secondary N) is 2. The molecule has 22 heteroatoms. The van der Waals surface area contributed by atoms with Gasteiger partial charge in [0.1, 0.15) is 12.0 Å². The van der Waals surface area contributed by atoms with Crippen molar-refractivity contribution in [3.63, 3.8) is 0 Å². The van der Waals surface area contributed by atoms with Gasteiger partial charge < -0.3 is 9.29 Å². The molecule has 0 heterocycles. The summed E-state index contributed by atoms with van der Waals surface area (Å²) in [5.41, 5.74) is -7.21. The Morgan fingerprint density at radius 1 is 0.917 bits per heavy atom. The van der Waals surface area contributed by atoms with E-state index in [4.69, 9.17) is 4.74 Å². The molecule has 1 unspecified atom stereocenters. The summed E-state index contributed by atoms with van der Waals surface area (Å²) < 4.78 is 181. The topological polar surface area (TPSA) is 159 Å². The van der Waals surface area contributed by atoms with Crippen LogP contribution in [-0.2, 0) is 45.7 Å². The van der Waals surface area contributed by atoms with Crippen LogP contribution < -0.4 is 8.85 Å². The molecule has 1 aliphatic carbocycles. The summed E-state index contributed by atoms with van der Waals surface area (Å²) in [5.74, 6) is -11.3. The summed E-state index contributed by atoms with van der Waals surface area (Å²) in [6.07, 6.45) is 0.437. The van der Waals surface area contributed by atoms with Gasteiger partial charge >= 0.3 is 48.0 Å². The second-order valence-corrected chi connectivity index (χ2v) is 12.2. The molecule has 1 saturated carbocycles. The van der Waals surface area contributed by atoms with Gasteiger partial charge in [0.15, 0.2) is 11.4 Å². The normalized spacial score (nSPS) is 18.5. The summed E-state index contributed by atoms with van der Waals surface area (Å²) >= 11 is -5.03. The molecule has 0 radical (unpaired) electrons. The van der Waals surface area contributed by atoms with Gasteiger partial charge in [-0.3, -0.25) is 9.59 Å². The Labute approximate surface area is 200 Å². The molecule has 1 rings (SSSR count). The highest BCUT2D eigenvalue weighted by atomic mass is 32.3. The molecule has 0 spiro atoms. The van der Waals surface area contributed by atoms with E-state index in [0.29, 0.717) is 25.7 Å². The Morgan fingerprint density at radius 3 is 1.78 bits per heavy atom. The molecule has 0 saturated heterocycles. The summed E-state index contributed by atoms with van der Waals surface area (Å²) in [4.78, 5) is 23.5. The van der Waals surface area contributed by atoms with E-state index in [2.05, 4.69) is 0 Å². The summed E-state index contributed by atoms with van der Waals surface area (Å²) in [6, 6.07) is 0. The zero-order chi connectivity index (χ0) is 28.6. The number of carbonyl (C=O) groups excluding carboxylic acids is 2. The molecule has 0 aromatic heterocycles. The van der Waals surface area contributed by atoms with Gasteiger partial charge in [0.2, 0.25) is 5.91 Å². The first-order valence-electron chi connectivity index (χ1n) is 9.30. The van der Waals surface area contributed by atoms with Crippen LogP contribution in [0.15, 0.2) is 0 Å². The van der Waals surface area contributed by atoms with Crippen molar-refractivity contribution in [1.29, 1.82) is 0 Å². The summed E-state index contributed by atoms with van der Waals surface area (Å²) in [5, 5.41) is -14.5. The first-order chi connectivity index (χ1) is 15.9. The molecular weight excluding hydrogens is 591 g/mol. The van der Waals surface area contributed by atoms with E-state index >= 15 is 0 Å². The highest BCUT2D eigenvalue weighted by molar-refractivity contribution is 8.05. The number of rotatable bonds is 11. The molecule has 1 fully saturated rings. The van der Waals surface area contributed by atoms with Gasteiger partial charge in [-0.15, -0.1) is 13.2 Å². The minimum absolute atomic E-state index is 0.191. The number of hydrogen-bond acceptors (Lipinski definition) is 8. The summed E-state index contributed by atoms with van der Waals surface area (Å²) in [7, 11) is -14.9. The van der Waals surface area contributed by atoms with Crippen molar-refractivity contribution in [2.75, 3.05) is 0 Å². The third-order valence-electron chi connectivity index (χ3n) is 4.84. The fraction of sp³-hybridized carbons (Fsp3) is 0.857. The van der Waals surface area contributed by atoms with Crippen LogP contribution in [0.25, 0.3) is 0 Å². The molecule has 0 aliphatic heterocycles. The Morgan fingerprint density at radius 2 is 1.36 bits per heavy atom. The van der Waals surface area contributed by atoms with E-state index in [1.54, 1.807) is 6.92 Å². The van der Waals surface area contributed by atoms with Crippen molar-refractivity contribution in [3.05, 3.63) is 0 Å². The average molecular weight is 608 g/mol. The van der Waals surface area contributed by atoms with Crippen molar-refractivity contribution < 1.29 is 75.2 Å². The van der Waals surface area contributed by atoms with Crippen molar-refractivity contribution >= 4 is 43.3 Å². The molecule has 1 atom stereocenters. The predicted octanol–water partition coefficient (Wildman–Crippen LogP) is 2.01. The lowest BCUT2D eigenvalue weighted by molar-refractivity contribution is -0.244. The standard InChI is InChI=1S/C14H17F9N2O8S3/c1-2-10(5-3-4-6-10)33-9(27)7-8(26)24-35(29,30)12(17,18)11(15,16)13(19,20)36(31,32)25-34(28)14(21,22)23/h25H,2-7H2,1H3,(H,24,26). The average Bonchev–Trinajstić information content (AvgIpc) is 3.14. The van der Waals surface area contributed by atoms with Crippen LogP contribution in [-0.4, -0.2) is 60.8 Å². The first-order valence-corrected chi connectivity index (χ1v) is 13.4. The molecule has 0 bridgehead atoms. The van der Waals surface area contributed by atoms with E-state index in [9.17, 15) is 70.5 Å². The van der Waals surface area contributed by atoms with Crippen LogP contribution in [0.5, 0.6) is 0 Å². The maximum atomic E-state index is 14.0. The minimum Gasteiger partial charge on any atom is -0.590 e. The van der Waals surface area contributed by atoms with Crippen LogP contribution in [0.2, 0.25) is 0 Å². The molecule has 2 N–H and O–H groups in total. The van der Waals surface area contributed by atoms with Crippen LogP contribution >= 0.6 is 0 Å². The number of alkyl halides is 9. The Kier molecular flexibility index (Phi) is 9.33. The number of carbonyl (C=O) groups is 2. The zero-order valence-electron chi connectivity index (χ0n) is 17.6. The quantitative estimate of drug-likeness (QED) is 0.156. The van der Waals surface area contributed by atoms with E-state index in [1.807, 2.05) is 0 Å². The largest absolute Gasteiger partial charge is 0.593 e. The third kappa shape index (κ3) is 6.30. The molecule has 36 heavy (non-hydrogen) atoms. The highest BCUT2D eigenvalue weighted by Crippen LogP contribution is 2.50. The van der Waals surface area contributed by atoms with E-state index in [-0.39, 0.29) is 11.1 Å². The molecule has 1 aliphatic rings. The van der Waals surface area contributed by atoms with Crippen LogP contribution in [0.4, 0.5) is 39.5 Å². The van der Waals surface area contributed by atoms with E-state index in [0.717, 1.165) is 0 Å². The Balaban J connectivity index is 3.12. The number of ether oxygens (including phenoxy) is 1. The molecule has 0 aromatic rings. The van der Waals surface area contributed by atoms with Gasteiger partial charge in [-0.05, 0) is 36.2 Å². The van der Waals surface area contributed by atoms with Crippen molar-refractivity contribution in [2.24, 2.45) is 0 Å². The minimum atomic E-state index is -7.60. The highest BCUT2D eigenvalue weighted by Gasteiger charge is 2.83. The smallest absolute Gasteiger partial charge is 0.590 e. The number of esters is 1. The predicted molar refractivity (Wildman–Crippen MR) is 100 cm³/mol. The number of halogens is 9. The van der Waals surface area contributed by atoms with Gasteiger partial charge in [0, 0.05) is 0 Å². The van der Waals surface area contributed by atoms with Crippen LogP contribution in [0.1, 0.15) is 45.4 Å². The summed E-state index contributed by atoms with van der Waals surface area (Å²) in [6.45, 7) is 1.58. The third-order valence-corrected chi connectivity index (χ3v) is 9.11. The van der Waals surface area contributed by atoms with Gasteiger partial charge in [-0.2, -0.15) is 34.8 Å². The lowest BCUT2D eigenvalue weighted by Crippen LogP contribution is -2.65. The van der Waals surface area contributed by atoms with Gasteiger partial charge in [-0.25, -0.2) is 13.1 Å². The van der Waals surface area contributed by atoms with E-state index < -0.39 is 81.4 Å². The fourth-order valence-electron chi connectivity index (χ4n) is 2.91. The van der Waals surface area contributed by atoms with Crippen molar-refractivity contribution in [3.8, 4) is 0 Å². The second kappa shape index (κ2) is 10.3. The monoisotopic (exact) mass is 608 g/mol. The van der Waals surface area contributed by atoms with E-state index in [1.165, 1.54) is 0 Å². The fourth-order valence-corrected chi connectivity index (χ4v) is 6.00. The van der Waals surface area contributed by atoms with Crippen LogP contribution in [0.3, 0.4) is 0 Å². The first kappa shape index (κ1) is 32.5. The maximum absolute atomic E-state index is 14.0. The van der Waals surface area contributed by atoms with Crippen molar-refractivity contribution in [2.45, 2.75) is 73.0 Å². The van der Waals surface area contributed by atoms with Gasteiger partial charge in [0.05, 0.1) is 0 Å². The van der Waals surface area contributed by atoms with Gasteiger partial charge in [0.25, 0.3) is 0 Å². The molecule has 0 aromatic carbocycles. The number of hydrogen-bond donors (Lipinski definition) is 2. The van der Waals surface area contributed by atoms with Crippen LogP contribution in [0, 0.1) is 0 Å². The lowest BCUT2D eigenvalue weighted by Gasteiger charge is -2.31. The molecule has 10 nitrogen and oxygen atoms in total. The second-order valence-electron chi connectivity index (χ2n) is 7.33.